The van der Waals surface area contributed by atoms with E-state index in [9.17, 15) is 9.18 Å². The molecule has 0 unspecified atom stereocenters. The van der Waals surface area contributed by atoms with Gasteiger partial charge >= 0.3 is 0 Å². The maximum atomic E-state index is 12.9. The topological polar surface area (TPSA) is 46.9 Å². The van der Waals surface area contributed by atoms with E-state index in [0.29, 0.717) is 17.9 Å². The normalized spacial score (nSPS) is 10.6. The van der Waals surface area contributed by atoms with Crippen LogP contribution in [0.15, 0.2) is 54.7 Å². The summed E-state index contributed by atoms with van der Waals surface area (Å²) < 4.78 is 14.6. The van der Waals surface area contributed by atoms with E-state index in [1.807, 2.05) is 32.0 Å². The van der Waals surface area contributed by atoms with Gasteiger partial charge in [0.2, 0.25) is 0 Å². The van der Waals surface area contributed by atoms with E-state index in [2.05, 4.69) is 10.4 Å². The summed E-state index contributed by atoms with van der Waals surface area (Å²) in [5.74, 6) is 0.0481. The van der Waals surface area contributed by atoms with Gasteiger partial charge in [0.15, 0.2) is 5.82 Å². The van der Waals surface area contributed by atoms with Crippen molar-refractivity contribution in [3.05, 3.63) is 82.8 Å². The van der Waals surface area contributed by atoms with Crippen LogP contribution in [0, 0.1) is 19.7 Å². The molecule has 0 radical (unpaired) electrons. The quantitative estimate of drug-likeness (QED) is 0.790. The number of aromatic nitrogens is 2. The highest BCUT2D eigenvalue weighted by Gasteiger charge is 2.11. The minimum atomic E-state index is -0.263. The number of benzene rings is 2. The predicted molar refractivity (Wildman–Crippen MR) is 91.6 cm³/mol. The van der Waals surface area contributed by atoms with E-state index in [1.165, 1.54) is 12.1 Å². The molecule has 1 N–H and O–H groups in total. The molecule has 0 fully saturated rings. The third-order valence-electron chi connectivity index (χ3n) is 3.78. The first-order valence-electron chi connectivity index (χ1n) is 7.68. The lowest BCUT2D eigenvalue weighted by Crippen LogP contribution is -2.14. The third-order valence-corrected chi connectivity index (χ3v) is 3.78. The number of carbonyl (C=O) groups is 1. The molecular weight excluding hydrogens is 305 g/mol. The molecule has 0 aliphatic carbocycles. The molecule has 1 amide bonds. The SMILES string of the molecule is Cc1ccc(C)c(C(=O)Nc2ccn(Cc3ccc(F)cc3)n2)c1. The van der Waals surface area contributed by atoms with Crippen LogP contribution in [-0.4, -0.2) is 15.7 Å². The zero-order chi connectivity index (χ0) is 17.1. The second-order valence-corrected chi connectivity index (χ2v) is 5.80. The Bertz CT molecular complexity index is 869. The van der Waals surface area contributed by atoms with Gasteiger partial charge in [-0.15, -0.1) is 0 Å². The van der Waals surface area contributed by atoms with Crippen LogP contribution >= 0.6 is 0 Å². The van der Waals surface area contributed by atoms with E-state index in [4.69, 9.17) is 0 Å². The summed E-state index contributed by atoms with van der Waals surface area (Å²) in [6.45, 7) is 4.37. The highest BCUT2D eigenvalue weighted by atomic mass is 19.1. The zero-order valence-electron chi connectivity index (χ0n) is 13.6. The summed E-state index contributed by atoms with van der Waals surface area (Å²) in [7, 11) is 0. The van der Waals surface area contributed by atoms with Crippen LogP contribution in [0.25, 0.3) is 0 Å². The number of anilines is 1. The van der Waals surface area contributed by atoms with Gasteiger partial charge in [-0.2, -0.15) is 5.10 Å². The molecule has 0 aliphatic rings. The van der Waals surface area contributed by atoms with Crippen molar-refractivity contribution in [3.8, 4) is 0 Å². The number of amides is 1. The second-order valence-electron chi connectivity index (χ2n) is 5.80. The first-order chi connectivity index (χ1) is 11.5. The Kier molecular flexibility index (Phi) is 4.42. The molecule has 3 aromatic rings. The number of hydrogen-bond acceptors (Lipinski definition) is 2. The van der Waals surface area contributed by atoms with Gasteiger partial charge in [-0.1, -0.05) is 29.8 Å². The standard InChI is InChI=1S/C19H18FN3O/c1-13-3-4-14(2)17(11-13)19(24)21-18-9-10-23(22-18)12-15-5-7-16(20)8-6-15/h3-11H,12H2,1-2H3,(H,21,22,24). The van der Waals surface area contributed by atoms with E-state index < -0.39 is 0 Å². The maximum Gasteiger partial charge on any atom is 0.257 e. The summed E-state index contributed by atoms with van der Waals surface area (Å²) in [6.07, 6.45) is 1.78. The average molecular weight is 323 g/mol. The monoisotopic (exact) mass is 323 g/mol. The summed E-state index contributed by atoms with van der Waals surface area (Å²) in [6, 6.07) is 13.8. The lowest BCUT2D eigenvalue weighted by molar-refractivity contribution is 0.102. The number of halogens is 1. The van der Waals surface area contributed by atoms with Gasteiger partial charge in [-0.25, -0.2) is 4.39 Å². The number of carbonyl (C=O) groups excluding carboxylic acids is 1. The fraction of sp³-hybridized carbons (Fsp3) is 0.158. The highest BCUT2D eigenvalue weighted by Crippen LogP contribution is 2.14. The summed E-state index contributed by atoms with van der Waals surface area (Å²) in [4.78, 5) is 12.4. The van der Waals surface area contributed by atoms with Gasteiger partial charge in [-0.05, 0) is 43.2 Å². The van der Waals surface area contributed by atoms with Crippen molar-refractivity contribution in [3.63, 3.8) is 0 Å². The smallest absolute Gasteiger partial charge is 0.257 e. The van der Waals surface area contributed by atoms with Crippen molar-refractivity contribution in [2.24, 2.45) is 0 Å². The van der Waals surface area contributed by atoms with Crippen molar-refractivity contribution in [2.45, 2.75) is 20.4 Å². The van der Waals surface area contributed by atoms with Crippen LogP contribution in [0.5, 0.6) is 0 Å². The molecule has 1 aromatic heterocycles. The molecule has 3 rings (SSSR count). The van der Waals surface area contributed by atoms with E-state index >= 15 is 0 Å². The van der Waals surface area contributed by atoms with Crippen LogP contribution in [0.2, 0.25) is 0 Å². The Morgan fingerprint density at radius 2 is 1.88 bits per heavy atom. The van der Waals surface area contributed by atoms with Crippen molar-refractivity contribution in [2.75, 3.05) is 5.32 Å². The van der Waals surface area contributed by atoms with E-state index in [-0.39, 0.29) is 11.7 Å². The molecule has 4 nitrogen and oxygen atoms in total. The second kappa shape index (κ2) is 6.66. The van der Waals surface area contributed by atoms with Crippen LogP contribution in [0.3, 0.4) is 0 Å². The van der Waals surface area contributed by atoms with Gasteiger partial charge in [0, 0.05) is 17.8 Å². The molecular formula is C19H18FN3O. The summed E-state index contributed by atoms with van der Waals surface area (Å²) in [5, 5.41) is 7.15. The van der Waals surface area contributed by atoms with E-state index in [0.717, 1.165) is 16.7 Å². The Balaban J connectivity index is 1.70. The zero-order valence-corrected chi connectivity index (χ0v) is 13.6. The minimum Gasteiger partial charge on any atom is -0.305 e. The molecule has 0 spiro atoms. The molecule has 0 aliphatic heterocycles. The number of rotatable bonds is 4. The number of hydrogen-bond donors (Lipinski definition) is 1. The van der Waals surface area contributed by atoms with Crippen LogP contribution in [0.1, 0.15) is 27.0 Å². The number of nitrogens with one attached hydrogen (secondary N) is 1. The summed E-state index contributed by atoms with van der Waals surface area (Å²) in [5.41, 5.74) is 3.53. The summed E-state index contributed by atoms with van der Waals surface area (Å²) >= 11 is 0. The molecule has 1 heterocycles. The van der Waals surface area contributed by atoms with Crippen LogP contribution in [0.4, 0.5) is 10.2 Å². The first-order valence-corrected chi connectivity index (χ1v) is 7.68. The number of nitrogens with zero attached hydrogens (tertiary/aromatic N) is 2. The van der Waals surface area contributed by atoms with Crippen LogP contribution in [-0.2, 0) is 6.54 Å². The lowest BCUT2D eigenvalue weighted by Gasteiger charge is -2.07. The van der Waals surface area contributed by atoms with Crippen LogP contribution < -0.4 is 5.32 Å². The largest absolute Gasteiger partial charge is 0.305 e. The van der Waals surface area contributed by atoms with Crippen molar-refractivity contribution in [1.82, 2.24) is 9.78 Å². The first kappa shape index (κ1) is 15.9. The number of aryl methyl sites for hydroxylation is 2. The Hall–Kier alpha value is -2.95. The molecule has 122 valence electrons. The maximum absolute atomic E-state index is 12.9. The third kappa shape index (κ3) is 3.68. The fourth-order valence-corrected chi connectivity index (χ4v) is 2.46. The van der Waals surface area contributed by atoms with Crippen molar-refractivity contribution < 1.29 is 9.18 Å². The molecule has 0 saturated carbocycles. The van der Waals surface area contributed by atoms with E-state index in [1.54, 1.807) is 29.1 Å². The molecule has 2 aromatic carbocycles. The Morgan fingerprint density at radius 1 is 1.12 bits per heavy atom. The van der Waals surface area contributed by atoms with Gasteiger partial charge in [0.25, 0.3) is 5.91 Å². The predicted octanol–water partition coefficient (Wildman–Crippen LogP) is 3.94. The Labute approximate surface area is 139 Å². The van der Waals surface area contributed by atoms with Crippen molar-refractivity contribution >= 4 is 11.7 Å². The molecule has 0 bridgehead atoms. The fourth-order valence-electron chi connectivity index (χ4n) is 2.46. The minimum absolute atomic E-state index is 0.178. The van der Waals surface area contributed by atoms with Gasteiger partial charge in [0.1, 0.15) is 5.82 Å². The molecule has 0 atom stereocenters. The highest BCUT2D eigenvalue weighted by molar-refractivity contribution is 6.04. The van der Waals surface area contributed by atoms with Gasteiger partial charge in [-0.3, -0.25) is 9.48 Å². The lowest BCUT2D eigenvalue weighted by atomic mass is 10.1. The molecule has 5 heteroatoms. The van der Waals surface area contributed by atoms with Gasteiger partial charge < -0.3 is 5.32 Å². The van der Waals surface area contributed by atoms with Gasteiger partial charge in [0.05, 0.1) is 6.54 Å². The van der Waals surface area contributed by atoms with Crippen molar-refractivity contribution in [1.29, 1.82) is 0 Å². The average Bonchev–Trinajstić information content (AvgIpc) is 2.99. The Morgan fingerprint density at radius 3 is 2.62 bits per heavy atom. The molecule has 24 heavy (non-hydrogen) atoms. The molecule has 0 saturated heterocycles.